The van der Waals surface area contributed by atoms with Crippen molar-refractivity contribution in [3.8, 4) is 0 Å². The maximum absolute atomic E-state index is 13.5. The Morgan fingerprint density at radius 3 is 2.75 bits per heavy atom. The maximum Gasteiger partial charge on any atom is 0.414 e. The summed E-state index contributed by atoms with van der Waals surface area (Å²) in [5.74, 6) is 0.554. The van der Waals surface area contributed by atoms with E-state index in [4.69, 9.17) is 9.47 Å². The minimum atomic E-state index is -0.559. The number of nitrogens with one attached hydrogen (secondary N) is 1. The van der Waals surface area contributed by atoms with Crippen LogP contribution in [0.1, 0.15) is 80.4 Å². The Bertz CT molecular complexity index is 1170. The first-order valence-corrected chi connectivity index (χ1v) is 15.6. The van der Waals surface area contributed by atoms with Crippen LogP contribution in [0, 0.1) is 5.92 Å². The molecule has 4 heterocycles. The molecule has 8 nitrogen and oxygen atoms in total. The quantitative estimate of drug-likeness (QED) is 0.439. The van der Waals surface area contributed by atoms with E-state index in [0.717, 1.165) is 55.8 Å². The Labute approximate surface area is 242 Å². The zero-order chi connectivity index (χ0) is 28.3. The summed E-state index contributed by atoms with van der Waals surface area (Å²) < 4.78 is 11.3. The summed E-state index contributed by atoms with van der Waals surface area (Å²) in [6.07, 6.45) is 15.4. The van der Waals surface area contributed by atoms with E-state index in [0.29, 0.717) is 30.4 Å². The van der Waals surface area contributed by atoms with Gasteiger partial charge in [0.1, 0.15) is 10.5 Å². The van der Waals surface area contributed by atoms with E-state index < -0.39 is 5.60 Å². The molecule has 0 radical (unpaired) electrons. The lowest BCUT2D eigenvalue weighted by molar-refractivity contribution is 0.0296. The van der Waals surface area contributed by atoms with Gasteiger partial charge in [-0.15, -0.1) is 11.3 Å². The molecule has 0 bridgehead atoms. The lowest BCUT2D eigenvalue weighted by Crippen LogP contribution is -2.39. The molecule has 1 aromatic heterocycles. The van der Waals surface area contributed by atoms with Crippen molar-refractivity contribution in [1.82, 2.24) is 20.1 Å². The van der Waals surface area contributed by atoms with Crippen molar-refractivity contribution >= 4 is 23.3 Å². The first-order chi connectivity index (χ1) is 19.2. The Morgan fingerprint density at radius 2 is 2.02 bits per heavy atom. The lowest BCUT2D eigenvalue weighted by Gasteiger charge is -2.30. The summed E-state index contributed by atoms with van der Waals surface area (Å²) >= 11 is 1.52. The van der Waals surface area contributed by atoms with Crippen molar-refractivity contribution in [3.05, 3.63) is 51.2 Å². The topological polar surface area (TPSA) is 84.0 Å². The van der Waals surface area contributed by atoms with Crippen molar-refractivity contribution in [1.29, 1.82) is 0 Å². The predicted molar refractivity (Wildman–Crippen MR) is 157 cm³/mol. The lowest BCUT2D eigenvalue weighted by atomic mass is 9.87. The van der Waals surface area contributed by atoms with Crippen LogP contribution in [0.4, 0.5) is 4.79 Å². The molecular formula is C31H44N4O4S. The van der Waals surface area contributed by atoms with Crippen LogP contribution in [-0.2, 0) is 15.9 Å². The third-order valence-corrected chi connectivity index (χ3v) is 9.28. The third kappa shape index (κ3) is 7.22. The minimum absolute atomic E-state index is 0.00208. The summed E-state index contributed by atoms with van der Waals surface area (Å²) in [6.45, 7) is 9.14. The fraction of sp³-hybridized carbons (Fsp3) is 0.645. The van der Waals surface area contributed by atoms with Gasteiger partial charge in [-0.3, -0.25) is 9.69 Å². The van der Waals surface area contributed by atoms with Gasteiger partial charge < -0.3 is 19.7 Å². The zero-order valence-corrected chi connectivity index (χ0v) is 25.2. The van der Waals surface area contributed by atoms with E-state index in [1.165, 1.54) is 35.3 Å². The van der Waals surface area contributed by atoms with Crippen LogP contribution >= 0.6 is 11.3 Å². The number of likely N-dealkylation sites (tertiary alicyclic amines) is 1. The van der Waals surface area contributed by atoms with E-state index in [2.05, 4.69) is 34.4 Å². The number of hydrogen-bond acceptors (Lipinski definition) is 7. The summed E-state index contributed by atoms with van der Waals surface area (Å²) in [5.41, 5.74) is 2.92. The molecule has 4 aliphatic rings. The number of carbonyl (C=O) groups excluding carboxylic acids is 2. The molecule has 1 aromatic rings. The number of piperidine rings is 1. The maximum atomic E-state index is 13.5. The third-order valence-electron chi connectivity index (χ3n) is 8.26. The molecule has 0 aromatic carbocycles. The number of amides is 2. The predicted octanol–water partition coefficient (Wildman–Crippen LogP) is 5.48. The largest absolute Gasteiger partial charge is 0.443 e. The van der Waals surface area contributed by atoms with E-state index in [9.17, 15) is 9.59 Å². The van der Waals surface area contributed by atoms with Gasteiger partial charge in [0.05, 0.1) is 36.5 Å². The van der Waals surface area contributed by atoms with Gasteiger partial charge in [0.15, 0.2) is 0 Å². The number of allylic oxidation sites excluding steroid dienone is 1. The van der Waals surface area contributed by atoms with E-state index in [-0.39, 0.29) is 24.1 Å². The number of fused-ring (bicyclic) bond motifs is 1. The van der Waals surface area contributed by atoms with E-state index in [1.54, 1.807) is 11.1 Å². The van der Waals surface area contributed by atoms with Crippen LogP contribution < -0.4 is 5.32 Å². The second-order valence-electron chi connectivity index (χ2n) is 12.6. The Hall–Kier alpha value is -2.49. The molecule has 9 heteroatoms. The zero-order valence-electron chi connectivity index (χ0n) is 24.4. The highest BCUT2D eigenvalue weighted by molar-refractivity contribution is 7.13. The average molecular weight is 569 g/mol. The molecule has 1 aliphatic carbocycles. The Kier molecular flexibility index (Phi) is 9.12. The second kappa shape index (κ2) is 12.6. The molecule has 2 atom stereocenters. The van der Waals surface area contributed by atoms with Gasteiger partial charge in [0.2, 0.25) is 0 Å². The molecule has 2 amide bonds. The van der Waals surface area contributed by atoms with Crippen molar-refractivity contribution < 1.29 is 19.1 Å². The monoisotopic (exact) mass is 568 g/mol. The molecule has 0 saturated carbocycles. The average Bonchev–Trinajstić information content (AvgIpc) is 3.54. The van der Waals surface area contributed by atoms with Gasteiger partial charge in [-0.25, -0.2) is 9.78 Å². The Morgan fingerprint density at radius 1 is 1.23 bits per heavy atom. The normalized spacial score (nSPS) is 23.1. The number of ether oxygens (including phenoxy) is 2. The number of carbonyl (C=O) groups is 2. The van der Waals surface area contributed by atoms with Crippen molar-refractivity contribution in [2.75, 3.05) is 33.4 Å². The fourth-order valence-corrected chi connectivity index (χ4v) is 7.03. The van der Waals surface area contributed by atoms with Crippen LogP contribution in [0.15, 0.2) is 41.3 Å². The van der Waals surface area contributed by atoms with E-state index >= 15 is 0 Å². The highest BCUT2D eigenvalue weighted by Gasteiger charge is 2.38. The standard InChI is InChI=1S/C31H44N4O4S/c1-31(2,3)39-30(37)35-20-23(24-7-5-6-8-26(24)35)18-25(22-11-15-38-16-12-22)33-29(36)27-19-32-28(40-27)17-21-9-13-34(4)14-10-21/h7,11,19-21,25-26H,5-6,8-10,12-18H2,1-4H3,(H,33,36). The number of rotatable bonds is 7. The minimum Gasteiger partial charge on any atom is -0.443 e. The smallest absolute Gasteiger partial charge is 0.414 e. The number of nitrogens with zero attached hydrogens (tertiary/aromatic N) is 3. The van der Waals surface area contributed by atoms with Crippen LogP contribution in [0.3, 0.4) is 0 Å². The SMILES string of the molecule is CN1CCC(Cc2ncc(C(=O)NC(CC3=CN(C(=O)OC(C)(C)C)C4CCCC=C34)C3=CCOCC3)s2)CC1. The van der Waals surface area contributed by atoms with Crippen LogP contribution in [0.5, 0.6) is 0 Å². The molecule has 0 spiro atoms. The van der Waals surface area contributed by atoms with Crippen molar-refractivity contribution in [3.63, 3.8) is 0 Å². The summed E-state index contributed by atoms with van der Waals surface area (Å²) in [5, 5.41) is 4.37. The summed E-state index contributed by atoms with van der Waals surface area (Å²) in [4.78, 5) is 36.0. The van der Waals surface area contributed by atoms with Crippen LogP contribution in [-0.4, -0.2) is 77.8 Å². The first kappa shape index (κ1) is 29.0. The number of thiazole rings is 1. The Balaban J connectivity index is 1.31. The fourth-order valence-electron chi connectivity index (χ4n) is 6.10. The van der Waals surface area contributed by atoms with Crippen LogP contribution in [0.25, 0.3) is 0 Å². The number of hydrogen-bond donors (Lipinski definition) is 1. The molecule has 3 aliphatic heterocycles. The van der Waals surface area contributed by atoms with Crippen molar-refractivity contribution in [2.45, 2.75) is 89.8 Å². The van der Waals surface area contributed by atoms with E-state index in [1.807, 2.05) is 27.0 Å². The molecule has 1 saturated heterocycles. The van der Waals surface area contributed by atoms with Gasteiger partial charge in [-0.2, -0.15) is 0 Å². The molecule has 2 unspecified atom stereocenters. The van der Waals surface area contributed by atoms with Gasteiger partial charge in [-0.05, 0) is 108 Å². The highest BCUT2D eigenvalue weighted by Crippen LogP contribution is 2.39. The molecule has 218 valence electrons. The van der Waals surface area contributed by atoms with Crippen molar-refractivity contribution in [2.24, 2.45) is 5.92 Å². The first-order valence-electron chi connectivity index (χ1n) is 14.8. The van der Waals surface area contributed by atoms with Gasteiger partial charge >= 0.3 is 6.09 Å². The van der Waals surface area contributed by atoms with Gasteiger partial charge in [0, 0.05) is 12.6 Å². The summed E-state index contributed by atoms with van der Waals surface area (Å²) in [7, 11) is 2.17. The highest BCUT2D eigenvalue weighted by atomic mass is 32.1. The van der Waals surface area contributed by atoms with Crippen LogP contribution in [0.2, 0.25) is 0 Å². The molecule has 1 fully saturated rings. The molecule has 1 N–H and O–H groups in total. The van der Waals surface area contributed by atoms with Gasteiger partial charge in [-0.1, -0.05) is 12.2 Å². The van der Waals surface area contributed by atoms with Gasteiger partial charge in [0.25, 0.3) is 5.91 Å². The number of aromatic nitrogens is 1. The molecule has 40 heavy (non-hydrogen) atoms. The second-order valence-corrected chi connectivity index (χ2v) is 13.7. The summed E-state index contributed by atoms with van der Waals surface area (Å²) in [6, 6.07) is -0.175. The molecule has 5 rings (SSSR count). The molecular weight excluding hydrogens is 524 g/mol.